The van der Waals surface area contributed by atoms with E-state index in [0.717, 1.165) is 19.3 Å². The molecular weight excluding hydrogens is 518 g/mol. The second-order valence-corrected chi connectivity index (χ2v) is 12.4. The molecule has 0 aliphatic carbocycles. The molecule has 0 spiro atoms. The van der Waals surface area contributed by atoms with Crippen molar-refractivity contribution < 1.29 is 42.9 Å². The number of rotatable bonds is 14. The Kier molecular flexibility index (Phi) is 13.6. The Morgan fingerprint density at radius 1 is 0.800 bits per heavy atom. The molecule has 40 heavy (non-hydrogen) atoms. The Hall–Kier alpha value is -3.14. The fourth-order valence-corrected chi connectivity index (χ4v) is 3.71. The van der Waals surface area contributed by atoms with Gasteiger partial charge in [0.25, 0.3) is 0 Å². The highest BCUT2D eigenvalue weighted by molar-refractivity contribution is 5.81. The van der Waals surface area contributed by atoms with E-state index in [2.05, 4.69) is 0 Å². The molecule has 10 heteroatoms. The third-order valence-corrected chi connectivity index (χ3v) is 5.65. The van der Waals surface area contributed by atoms with Crippen LogP contribution in [-0.4, -0.2) is 49.9 Å². The first kappa shape index (κ1) is 34.9. The number of esters is 3. The SMILES string of the molecule is CCCCCOC(=O)OCC[C@@](N)(Cc1ccc(OC(=O)CC(C)(C)C)c(OC(=O)CC(C)(C)C)c1)C(=O)OC. The van der Waals surface area contributed by atoms with E-state index in [1.54, 1.807) is 6.07 Å². The summed E-state index contributed by atoms with van der Waals surface area (Å²) in [5, 5.41) is 0. The van der Waals surface area contributed by atoms with Gasteiger partial charge in [-0.3, -0.25) is 14.4 Å². The van der Waals surface area contributed by atoms with Crippen LogP contribution in [0.2, 0.25) is 0 Å². The van der Waals surface area contributed by atoms with Crippen molar-refractivity contribution in [3.05, 3.63) is 23.8 Å². The van der Waals surface area contributed by atoms with Crippen molar-refractivity contribution in [1.82, 2.24) is 0 Å². The Balaban J connectivity index is 3.12. The first-order valence-corrected chi connectivity index (χ1v) is 13.7. The summed E-state index contributed by atoms with van der Waals surface area (Å²) < 4.78 is 26.2. The van der Waals surface area contributed by atoms with Gasteiger partial charge in [0.15, 0.2) is 11.5 Å². The highest BCUT2D eigenvalue weighted by Crippen LogP contribution is 2.33. The van der Waals surface area contributed by atoms with Crippen molar-refractivity contribution in [1.29, 1.82) is 0 Å². The molecule has 0 bridgehead atoms. The normalized spacial score (nSPS) is 13.1. The summed E-state index contributed by atoms with van der Waals surface area (Å²) >= 11 is 0. The molecule has 0 aliphatic heterocycles. The van der Waals surface area contributed by atoms with Crippen LogP contribution < -0.4 is 15.2 Å². The van der Waals surface area contributed by atoms with Crippen molar-refractivity contribution in [2.75, 3.05) is 20.3 Å². The van der Waals surface area contributed by atoms with Crippen LogP contribution >= 0.6 is 0 Å². The second kappa shape index (κ2) is 15.6. The van der Waals surface area contributed by atoms with Gasteiger partial charge in [0.1, 0.15) is 5.54 Å². The number of hydrogen-bond donors (Lipinski definition) is 1. The van der Waals surface area contributed by atoms with Crippen LogP contribution in [-0.2, 0) is 35.0 Å². The van der Waals surface area contributed by atoms with Crippen molar-refractivity contribution in [3.8, 4) is 11.5 Å². The van der Waals surface area contributed by atoms with Crippen molar-refractivity contribution in [3.63, 3.8) is 0 Å². The quantitative estimate of drug-likeness (QED) is 0.174. The number of hydrogen-bond acceptors (Lipinski definition) is 10. The summed E-state index contributed by atoms with van der Waals surface area (Å²) in [7, 11) is 1.21. The maximum absolute atomic E-state index is 12.6. The number of ether oxygens (including phenoxy) is 5. The molecule has 0 aliphatic rings. The van der Waals surface area contributed by atoms with Crippen molar-refractivity contribution >= 4 is 24.1 Å². The Morgan fingerprint density at radius 3 is 1.88 bits per heavy atom. The Morgan fingerprint density at radius 2 is 1.35 bits per heavy atom. The van der Waals surface area contributed by atoms with E-state index in [1.807, 2.05) is 48.5 Å². The van der Waals surface area contributed by atoms with Crippen LogP contribution in [0.5, 0.6) is 11.5 Å². The number of carbonyl (C=O) groups is 4. The molecule has 0 saturated heterocycles. The van der Waals surface area contributed by atoms with Crippen LogP contribution in [0.25, 0.3) is 0 Å². The molecule has 0 aromatic heterocycles. The van der Waals surface area contributed by atoms with Crippen LogP contribution in [0.3, 0.4) is 0 Å². The van der Waals surface area contributed by atoms with Crippen LogP contribution in [0, 0.1) is 10.8 Å². The minimum atomic E-state index is -1.56. The summed E-state index contributed by atoms with van der Waals surface area (Å²) in [4.78, 5) is 49.7. The molecule has 226 valence electrons. The summed E-state index contributed by atoms with van der Waals surface area (Å²) in [6.07, 6.45) is 2.02. The van der Waals surface area contributed by atoms with Crippen molar-refractivity contribution in [2.24, 2.45) is 16.6 Å². The van der Waals surface area contributed by atoms with E-state index in [0.29, 0.717) is 5.56 Å². The van der Waals surface area contributed by atoms with Gasteiger partial charge in [0.2, 0.25) is 0 Å². The summed E-state index contributed by atoms with van der Waals surface area (Å²) in [5.41, 5.74) is 4.76. The molecule has 0 unspecified atom stereocenters. The van der Waals surface area contributed by atoms with Gasteiger partial charge in [-0.15, -0.1) is 0 Å². The van der Waals surface area contributed by atoms with Crippen LogP contribution in [0.1, 0.15) is 92.6 Å². The van der Waals surface area contributed by atoms with Gasteiger partial charge in [0, 0.05) is 12.8 Å². The molecule has 2 N–H and O–H groups in total. The van der Waals surface area contributed by atoms with Gasteiger partial charge in [-0.05, 0) is 34.9 Å². The molecular formula is C30H47NO9. The molecule has 1 atom stereocenters. The van der Waals surface area contributed by atoms with Gasteiger partial charge in [0.05, 0.1) is 33.2 Å². The van der Waals surface area contributed by atoms with E-state index in [1.165, 1.54) is 19.2 Å². The number of methoxy groups -OCH3 is 1. The summed E-state index contributed by atoms with van der Waals surface area (Å²) in [6, 6.07) is 4.62. The average Bonchev–Trinajstić information content (AvgIpc) is 2.80. The molecule has 10 nitrogen and oxygen atoms in total. The Bertz CT molecular complexity index is 1010. The lowest BCUT2D eigenvalue weighted by Crippen LogP contribution is -2.51. The fraction of sp³-hybridized carbons (Fsp3) is 0.667. The van der Waals surface area contributed by atoms with Gasteiger partial charge in [-0.25, -0.2) is 4.79 Å². The predicted octanol–water partition coefficient (Wildman–Crippen LogP) is 5.52. The lowest BCUT2D eigenvalue weighted by atomic mass is 9.88. The zero-order valence-corrected chi connectivity index (χ0v) is 25.3. The first-order valence-electron chi connectivity index (χ1n) is 13.7. The molecule has 0 radical (unpaired) electrons. The van der Waals surface area contributed by atoms with E-state index in [-0.39, 0.29) is 61.2 Å². The largest absolute Gasteiger partial charge is 0.508 e. The summed E-state index contributed by atoms with van der Waals surface area (Å²) in [6.45, 7) is 13.5. The molecule has 1 aromatic carbocycles. The number of benzene rings is 1. The maximum atomic E-state index is 12.6. The third-order valence-electron chi connectivity index (χ3n) is 5.65. The fourth-order valence-electron chi connectivity index (χ4n) is 3.71. The molecule has 1 aromatic rings. The van der Waals surface area contributed by atoms with Gasteiger partial charge in [-0.1, -0.05) is 67.4 Å². The number of nitrogens with two attached hydrogens (primary N) is 1. The maximum Gasteiger partial charge on any atom is 0.508 e. The topological polar surface area (TPSA) is 140 Å². The third kappa shape index (κ3) is 13.8. The highest BCUT2D eigenvalue weighted by Gasteiger charge is 2.36. The Labute approximate surface area is 238 Å². The molecule has 1 rings (SSSR count). The van der Waals surface area contributed by atoms with Gasteiger partial charge in [-0.2, -0.15) is 0 Å². The second-order valence-electron chi connectivity index (χ2n) is 12.4. The predicted molar refractivity (Wildman–Crippen MR) is 150 cm³/mol. The monoisotopic (exact) mass is 565 g/mol. The number of unbranched alkanes of at least 4 members (excludes halogenated alkanes) is 2. The molecule has 0 saturated carbocycles. The standard InChI is InChI=1S/C30H47NO9/c1-9-10-11-15-37-27(35)38-16-14-30(31,26(34)36-8)18-21-12-13-22(39-24(32)19-28(2,3)4)23(17-21)40-25(33)20-29(5,6)7/h12-13,17H,9-11,14-16,18-20,31H2,1-8H3/t30-/m1/s1. The van der Waals surface area contributed by atoms with Gasteiger partial charge < -0.3 is 29.4 Å². The zero-order chi connectivity index (χ0) is 30.6. The van der Waals surface area contributed by atoms with Gasteiger partial charge >= 0.3 is 24.1 Å². The van der Waals surface area contributed by atoms with E-state index in [4.69, 9.17) is 29.4 Å². The minimum absolute atomic E-state index is 0.0331. The minimum Gasteiger partial charge on any atom is -0.468 e. The molecule has 0 fully saturated rings. The zero-order valence-electron chi connectivity index (χ0n) is 25.3. The van der Waals surface area contributed by atoms with E-state index in [9.17, 15) is 19.2 Å². The molecule has 0 amide bonds. The average molecular weight is 566 g/mol. The van der Waals surface area contributed by atoms with Crippen LogP contribution in [0.15, 0.2) is 18.2 Å². The van der Waals surface area contributed by atoms with E-state index < -0.39 is 29.6 Å². The lowest BCUT2D eigenvalue weighted by Gasteiger charge is -2.27. The highest BCUT2D eigenvalue weighted by atomic mass is 16.7. The first-order chi connectivity index (χ1) is 18.5. The summed E-state index contributed by atoms with van der Waals surface area (Å²) in [5.74, 6) is -1.58. The smallest absolute Gasteiger partial charge is 0.468 e. The lowest BCUT2D eigenvalue weighted by molar-refractivity contribution is -0.148. The van der Waals surface area contributed by atoms with Crippen LogP contribution in [0.4, 0.5) is 4.79 Å². The van der Waals surface area contributed by atoms with Crippen molar-refractivity contribution in [2.45, 2.75) is 99.0 Å². The molecule has 0 heterocycles. The van der Waals surface area contributed by atoms with E-state index >= 15 is 0 Å². The number of carbonyl (C=O) groups excluding carboxylic acids is 4.